The first kappa shape index (κ1) is 13.5. The summed E-state index contributed by atoms with van der Waals surface area (Å²) in [6.45, 7) is 0.111. The summed E-state index contributed by atoms with van der Waals surface area (Å²) in [5.74, 6) is -0.502. The number of benzene rings is 1. The molecule has 1 aliphatic heterocycles. The number of aliphatic imine (C=N–C) groups is 1. The van der Waals surface area contributed by atoms with Crippen molar-refractivity contribution >= 4 is 11.9 Å². The van der Waals surface area contributed by atoms with E-state index in [-0.39, 0.29) is 6.61 Å². The number of esters is 1. The summed E-state index contributed by atoms with van der Waals surface area (Å²) in [4.78, 5) is 15.3. The highest BCUT2D eigenvalue weighted by Gasteiger charge is 2.35. The van der Waals surface area contributed by atoms with Gasteiger partial charge in [-0.15, -0.1) is 0 Å². The number of hydrogen-bond donors (Lipinski definition) is 2. The normalized spacial score (nSPS) is 21.2. The fourth-order valence-electron chi connectivity index (χ4n) is 1.77. The molecule has 102 valence electrons. The van der Waals surface area contributed by atoms with E-state index in [4.69, 9.17) is 4.74 Å². The number of aliphatic hydroxyl groups excluding tert-OH is 2. The van der Waals surface area contributed by atoms with E-state index in [1.54, 1.807) is 0 Å². The van der Waals surface area contributed by atoms with Crippen LogP contribution in [0.4, 0.5) is 0 Å². The van der Waals surface area contributed by atoms with Gasteiger partial charge in [-0.3, -0.25) is 0 Å². The summed E-state index contributed by atoms with van der Waals surface area (Å²) in [7, 11) is 1.14. The van der Waals surface area contributed by atoms with Crippen molar-refractivity contribution in [3.63, 3.8) is 0 Å². The zero-order valence-electron chi connectivity index (χ0n) is 10.4. The lowest BCUT2D eigenvalue weighted by atomic mass is 10.1. The summed E-state index contributed by atoms with van der Waals surface area (Å²) in [6, 6.07) is 8.51. The Hall–Kier alpha value is -1.92. The summed E-state index contributed by atoms with van der Waals surface area (Å²) in [6.07, 6.45) is -2.98. The third-order valence-corrected chi connectivity index (χ3v) is 2.86. The van der Waals surface area contributed by atoms with Crippen LogP contribution in [0.3, 0.4) is 0 Å². The van der Waals surface area contributed by atoms with Gasteiger partial charge in [-0.25, -0.2) is 9.79 Å². The lowest BCUT2D eigenvalue weighted by Gasteiger charge is -2.18. The predicted molar refractivity (Wildman–Crippen MR) is 66.7 cm³/mol. The minimum Gasteiger partial charge on any atom is -0.475 e. The number of aliphatic hydroxyl groups is 2. The molecule has 0 fully saturated rings. The van der Waals surface area contributed by atoms with Gasteiger partial charge >= 0.3 is 5.97 Å². The molecule has 2 N–H and O–H groups in total. The molecule has 1 aromatic rings. The van der Waals surface area contributed by atoms with Gasteiger partial charge in [0.05, 0.1) is 7.11 Å². The van der Waals surface area contributed by atoms with E-state index < -0.39 is 24.2 Å². The van der Waals surface area contributed by atoms with Crippen LogP contribution in [0.5, 0.6) is 0 Å². The van der Waals surface area contributed by atoms with Gasteiger partial charge in [0.2, 0.25) is 5.90 Å². The lowest BCUT2D eigenvalue weighted by Crippen LogP contribution is -2.42. The van der Waals surface area contributed by atoms with Gasteiger partial charge < -0.3 is 19.7 Å². The number of methoxy groups -OCH3 is 1. The highest BCUT2D eigenvalue weighted by Crippen LogP contribution is 2.16. The lowest BCUT2D eigenvalue weighted by molar-refractivity contribution is -0.157. The van der Waals surface area contributed by atoms with Crippen LogP contribution in [0.15, 0.2) is 35.3 Å². The number of carbonyl (C=O) groups excluding carboxylic acids is 1. The second kappa shape index (κ2) is 5.81. The van der Waals surface area contributed by atoms with Gasteiger partial charge in [0.25, 0.3) is 0 Å². The van der Waals surface area contributed by atoms with Crippen LogP contribution >= 0.6 is 0 Å². The number of hydrogen-bond acceptors (Lipinski definition) is 6. The molecule has 0 amide bonds. The maximum absolute atomic E-state index is 11.1. The average Bonchev–Trinajstić information content (AvgIpc) is 2.95. The molecule has 0 aliphatic carbocycles. The largest absolute Gasteiger partial charge is 0.475 e. The minimum absolute atomic E-state index is 0.111. The molecule has 0 saturated carbocycles. The molecule has 1 heterocycles. The Labute approximate surface area is 110 Å². The van der Waals surface area contributed by atoms with Crippen LogP contribution in [0.2, 0.25) is 0 Å². The van der Waals surface area contributed by atoms with Crippen LogP contribution in [0, 0.1) is 0 Å². The Morgan fingerprint density at radius 3 is 2.74 bits per heavy atom. The van der Waals surface area contributed by atoms with Crippen molar-refractivity contribution in [3.8, 4) is 0 Å². The molecule has 0 unspecified atom stereocenters. The summed E-state index contributed by atoms with van der Waals surface area (Å²) >= 11 is 0. The standard InChI is InChI=1S/C13H15NO5/c1-18-13(17)11(16)10(15)9-7-19-12(14-9)8-5-3-2-4-6-8/h2-6,9-11,15-16H,7H2,1H3/t9-,10+,11+/m0/s1. The zero-order chi connectivity index (χ0) is 13.8. The third kappa shape index (κ3) is 2.91. The Morgan fingerprint density at radius 2 is 2.11 bits per heavy atom. The first-order valence-electron chi connectivity index (χ1n) is 5.83. The van der Waals surface area contributed by atoms with E-state index in [9.17, 15) is 15.0 Å². The fraction of sp³-hybridized carbons (Fsp3) is 0.385. The second-order valence-corrected chi connectivity index (χ2v) is 4.14. The summed E-state index contributed by atoms with van der Waals surface area (Å²) in [5, 5.41) is 19.4. The van der Waals surface area contributed by atoms with Crippen LogP contribution < -0.4 is 0 Å². The summed E-state index contributed by atoms with van der Waals surface area (Å²) < 4.78 is 9.73. The van der Waals surface area contributed by atoms with Crippen molar-refractivity contribution < 1.29 is 24.5 Å². The van der Waals surface area contributed by atoms with Gasteiger partial charge in [-0.05, 0) is 12.1 Å². The average molecular weight is 265 g/mol. The molecule has 3 atom stereocenters. The molecule has 0 saturated heterocycles. The number of ether oxygens (including phenoxy) is 2. The maximum atomic E-state index is 11.1. The number of carbonyl (C=O) groups is 1. The highest BCUT2D eigenvalue weighted by atomic mass is 16.5. The quantitative estimate of drug-likeness (QED) is 0.731. The van der Waals surface area contributed by atoms with E-state index in [1.807, 2.05) is 30.3 Å². The maximum Gasteiger partial charge on any atom is 0.337 e. The molecule has 0 aromatic heterocycles. The monoisotopic (exact) mass is 265 g/mol. The van der Waals surface area contributed by atoms with E-state index in [0.29, 0.717) is 5.90 Å². The molecule has 2 rings (SSSR count). The van der Waals surface area contributed by atoms with Crippen molar-refractivity contribution in [2.24, 2.45) is 4.99 Å². The SMILES string of the molecule is COC(=O)[C@H](O)[C@H](O)[C@@H]1COC(c2ccccc2)=N1. The smallest absolute Gasteiger partial charge is 0.337 e. The van der Waals surface area contributed by atoms with E-state index in [2.05, 4.69) is 9.73 Å². The molecule has 6 heteroatoms. The summed E-state index contributed by atoms with van der Waals surface area (Å²) in [5.41, 5.74) is 0.782. The predicted octanol–water partition coefficient (Wildman–Crippen LogP) is -0.273. The van der Waals surface area contributed by atoms with E-state index in [1.165, 1.54) is 0 Å². The highest BCUT2D eigenvalue weighted by molar-refractivity contribution is 5.95. The Bertz CT molecular complexity index is 473. The molecule has 0 bridgehead atoms. The number of rotatable bonds is 4. The van der Waals surface area contributed by atoms with Crippen molar-refractivity contribution in [2.45, 2.75) is 18.2 Å². The Kier molecular flexibility index (Phi) is 4.13. The van der Waals surface area contributed by atoms with Gasteiger partial charge in [0.1, 0.15) is 18.8 Å². The molecule has 0 spiro atoms. The van der Waals surface area contributed by atoms with Crippen molar-refractivity contribution in [1.29, 1.82) is 0 Å². The van der Waals surface area contributed by atoms with Crippen molar-refractivity contribution in [2.75, 3.05) is 13.7 Å². The first-order valence-corrected chi connectivity index (χ1v) is 5.83. The van der Waals surface area contributed by atoms with E-state index >= 15 is 0 Å². The molecular weight excluding hydrogens is 250 g/mol. The van der Waals surface area contributed by atoms with Gasteiger partial charge in [-0.1, -0.05) is 18.2 Å². The zero-order valence-corrected chi connectivity index (χ0v) is 10.4. The van der Waals surface area contributed by atoms with Crippen molar-refractivity contribution in [1.82, 2.24) is 0 Å². The van der Waals surface area contributed by atoms with Crippen LogP contribution in [-0.4, -0.2) is 54.0 Å². The Balaban J connectivity index is 2.08. The van der Waals surface area contributed by atoms with Crippen LogP contribution in [-0.2, 0) is 14.3 Å². The van der Waals surface area contributed by atoms with Crippen LogP contribution in [0.1, 0.15) is 5.56 Å². The van der Waals surface area contributed by atoms with Crippen LogP contribution in [0.25, 0.3) is 0 Å². The molecule has 6 nitrogen and oxygen atoms in total. The molecule has 1 aromatic carbocycles. The van der Waals surface area contributed by atoms with Gasteiger partial charge in [0.15, 0.2) is 6.10 Å². The first-order chi connectivity index (χ1) is 9.13. The Morgan fingerprint density at radius 1 is 1.42 bits per heavy atom. The fourth-order valence-corrected chi connectivity index (χ4v) is 1.77. The van der Waals surface area contributed by atoms with Gasteiger partial charge in [0, 0.05) is 5.56 Å². The number of nitrogens with zero attached hydrogens (tertiary/aromatic N) is 1. The molecule has 0 radical (unpaired) electrons. The van der Waals surface area contributed by atoms with Crippen molar-refractivity contribution in [3.05, 3.63) is 35.9 Å². The van der Waals surface area contributed by atoms with E-state index in [0.717, 1.165) is 12.7 Å². The second-order valence-electron chi connectivity index (χ2n) is 4.14. The molecule has 19 heavy (non-hydrogen) atoms. The molecular formula is C13H15NO5. The van der Waals surface area contributed by atoms with Gasteiger partial charge in [-0.2, -0.15) is 0 Å². The molecule has 1 aliphatic rings. The topological polar surface area (TPSA) is 88.4 Å². The minimum atomic E-state index is -1.63. The third-order valence-electron chi connectivity index (χ3n) is 2.86.